The Morgan fingerprint density at radius 3 is 2.52 bits per heavy atom. The number of anilines is 1. The molecule has 33 heavy (non-hydrogen) atoms. The minimum absolute atomic E-state index is 0.365. The van der Waals surface area contributed by atoms with Crippen molar-refractivity contribution in [2.75, 3.05) is 19.0 Å². The quantitative estimate of drug-likeness (QED) is 0.383. The fourth-order valence-corrected chi connectivity index (χ4v) is 3.51. The lowest BCUT2D eigenvalue weighted by Crippen LogP contribution is -2.20. The molecule has 3 aromatic rings. The molecule has 1 amide bonds. The first-order chi connectivity index (χ1) is 15.8. The minimum Gasteiger partial charge on any atom is -0.495 e. The van der Waals surface area contributed by atoms with Gasteiger partial charge in [-0.25, -0.2) is 4.79 Å². The molecule has 0 aliphatic rings. The summed E-state index contributed by atoms with van der Waals surface area (Å²) in [7, 11) is 1.50. The maximum absolute atomic E-state index is 12.1. The van der Waals surface area contributed by atoms with Crippen LogP contribution in [0.2, 0.25) is 5.02 Å². The van der Waals surface area contributed by atoms with Crippen molar-refractivity contribution in [2.24, 2.45) is 0 Å². The minimum atomic E-state index is -0.622. The maximum atomic E-state index is 12.1. The fourth-order valence-electron chi connectivity index (χ4n) is 3.25. The molecule has 0 radical (unpaired) electrons. The van der Waals surface area contributed by atoms with Crippen LogP contribution < -0.4 is 10.1 Å². The van der Waals surface area contributed by atoms with E-state index in [0.29, 0.717) is 23.0 Å². The fraction of sp³-hybridized carbons (Fsp3) is 0.240. The molecule has 0 atom stereocenters. The summed E-state index contributed by atoms with van der Waals surface area (Å²) in [5.74, 6) is -0.599. The van der Waals surface area contributed by atoms with Gasteiger partial charge >= 0.3 is 5.97 Å². The first-order valence-corrected chi connectivity index (χ1v) is 10.7. The molecular formula is C25H26ClN3O4. The standard InChI is InChI=1S/C25H26ClN3O4/c1-16-5-7-19(8-6-16)14-29-18(3)21(17(2)28-29)10-12-25(31)33-15-24(30)27-20-9-11-23(32-4)22(26)13-20/h5-13H,14-15H2,1-4H3,(H,27,30)/b12-10+. The predicted octanol–water partition coefficient (Wildman–Crippen LogP) is 4.71. The summed E-state index contributed by atoms with van der Waals surface area (Å²) in [5, 5.41) is 7.56. The molecule has 0 saturated heterocycles. The molecular weight excluding hydrogens is 442 g/mol. The number of rotatable bonds is 8. The molecule has 0 spiro atoms. The van der Waals surface area contributed by atoms with Gasteiger partial charge in [0.05, 0.1) is 24.4 Å². The van der Waals surface area contributed by atoms with Crippen LogP contribution in [0, 0.1) is 20.8 Å². The van der Waals surface area contributed by atoms with Crippen molar-refractivity contribution >= 4 is 35.2 Å². The van der Waals surface area contributed by atoms with Crippen LogP contribution in [0.15, 0.2) is 48.5 Å². The second kappa shape index (κ2) is 10.8. The second-order valence-electron chi connectivity index (χ2n) is 7.57. The summed E-state index contributed by atoms with van der Waals surface area (Å²) in [5.41, 5.74) is 5.41. The van der Waals surface area contributed by atoms with E-state index in [1.54, 1.807) is 24.3 Å². The first kappa shape index (κ1) is 24.1. The zero-order chi connectivity index (χ0) is 24.0. The van der Waals surface area contributed by atoms with Crippen LogP contribution in [0.25, 0.3) is 6.08 Å². The Bertz CT molecular complexity index is 1180. The number of carbonyl (C=O) groups excluding carboxylic acids is 2. The van der Waals surface area contributed by atoms with Crippen LogP contribution in [0.5, 0.6) is 5.75 Å². The van der Waals surface area contributed by atoms with Gasteiger partial charge in [-0.3, -0.25) is 9.48 Å². The molecule has 0 saturated carbocycles. The van der Waals surface area contributed by atoms with Crippen molar-refractivity contribution in [1.82, 2.24) is 9.78 Å². The molecule has 0 fully saturated rings. The number of aromatic nitrogens is 2. The highest BCUT2D eigenvalue weighted by Crippen LogP contribution is 2.27. The Kier molecular flexibility index (Phi) is 7.90. The summed E-state index contributed by atoms with van der Waals surface area (Å²) in [4.78, 5) is 24.2. The molecule has 1 heterocycles. The van der Waals surface area contributed by atoms with Crippen molar-refractivity contribution < 1.29 is 19.1 Å². The van der Waals surface area contributed by atoms with Gasteiger partial charge in [-0.2, -0.15) is 5.10 Å². The Morgan fingerprint density at radius 1 is 1.12 bits per heavy atom. The molecule has 3 rings (SSSR count). The van der Waals surface area contributed by atoms with Gasteiger partial charge in [0.25, 0.3) is 5.91 Å². The van der Waals surface area contributed by atoms with Crippen LogP contribution in [0.4, 0.5) is 5.69 Å². The van der Waals surface area contributed by atoms with E-state index < -0.39 is 18.5 Å². The van der Waals surface area contributed by atoms with E-state index in [1.165, 1.54) is 18.7 Å². The molecule has 8 heteroatoms. The monoisotopic (exact) mass is 467 g/mol. The normalized spacial score (nSPS) is 10.9. The second-order valence-corrected chi connectivity index (χ2v) is 7.97. The van der Waals surface area contributed by atoms with E-state index in [4.69, 9.17) is 21.1 Å². The largest absolute Gasteiger partial charge is 0.495 e. The summed E-state index contributed by atoms with van der Waals surface area (Å²) >= 11 is 6.04. The lowest BCUT2D eigenvalue weighted by molar-refractivity contribution is -0.142. The zero-order valence-electron chi connectivity index (χ0n) is 19.0. The average Bonchev–Trinajstić information content (AvgIpc) is 3.05. The van der Waals surface area contributed by atoms with Crippen molar-refractivity contribution in [3.63, 3.8) is 0 Å². The van der Waals surface area contributed by atoms with E-state index in [-0.39, 0.29) is 0 Å². The number of benzene rings is 2. The van der Waals surface area contributed by atoms with Crippen molar-refractivity contribution in [3.8, 4) is 5.75 Å². The molecule has 0 bridgehead atoms. The molecule has 0 unspecified atom stereocenters. The van der Waals surface area contributed by atoms with Gasteiger partial charge in [-0.15, -0.1) is 0 Å². The Balaban J connectivity index is 1.55. The van der Waals surface area contributed by atoms with Gasteiger partial charge in [0.1, 0.15) is 5.75 Å². The summed E-state index contributed by atoms with van der Waals surface area (Å²) in [6, 6.07) is 13.1. The maximum Gasteiger partial charge on any atom is 0.331 e. The van der Waals surface area contributed by atoms with E-state index in [9.17, 15) is 9.59 Å². The first-order valence-electron chi connectivity index (χ1n) is 10.3. The number of nitrogens with one attached hydrogen (secondary N) is 1. The van der Waals surface area contributed by atoms with Gasteiger partial charge in [-0.1, -0.05) is 41.4 Å². The summed E-state index contributed by atoms with van der Waals surface area (Å²) in [6.07, 6.45) is 2.96. The van der Waals surface area contributed by atoms with Crippen LogP contribution in [0.1, 0.15) is 28.1 Å². The van der Waals surface area contributed by atoms with Crippen LogP contribution >= 0.6 is 11.6 Å². The lowest BCUT2D eigenvalue weighted by Gasteiger charge is -2.08. The van der Waals surface area contributed by atoms with E-state index in [1.807, 2.05) is 25.5 Å². The third kappa shape index (κ3) is 6.46. The molecule has 1 aromatic heterocycles. The number of hydrogen-bond donors (Lipinski definition) is 1. The number of nitrogens with zero attached hydrogens (tertiary/aromatic N) is 2. The molecule has 2 aromatic carbocycles. The smallest absolute Gasteiger partial charge is 0.331 e. The number of methoxy groups -OCH3 is 1. The summed E-state index contributed by atoms with van der Waals surface area (Å²) < 4.78 is 12.0. The number of aryl methyl sites for hydroxylation is 2. The molecule has 1 N–H and O–H groups in total. The summed E-state index contributed by atoms with van der Waals surface area (Å²) in [6.45, 7) is 6.11. The Morgan fingerprint density at radius 2 is 1.85 bits per heavy atom. The van der Waals surface area contributed by atoms with E-state index >= 15 is 0 Å². The Labute approximate surface area is 198 Å². The molecule has 0 aliphatic carbocycles. The average molecular weight is 468 g/mol. The highest BCUT2D eigenvalue weighted by Gasteiger charge is 2.11. The lowest BCUT2D eigenvalue weighted by atomic mass is 10.1. The van der Waals surface area contributed by atoms with E-state index in [2.05, 4.69) is 34.7 Å². The van der Waals surface area contributed by atoms with Crippen molar-refractivity contribution in [3.05, 3.63) is 81.6 Å². The highest BCUT2D eigenvalue weighted by molar-refractivity contribution is 6.32. The van der Waals surface area contributed by atoms with Crippen LogP contribution in [0.3, 0.4) is 0 Å². The molecule has 7 nitrogen and oxygen atoms in total. The predicted molar refractivity (Wildman–Crippen MR) is 129 cm³/mol. The number of carbonyl (C=O) groups is 2. The third-order valence-electron chi connectivity index (χ3n) is 5.06. The van der Waals surface area contributed by atoms with Crippen molar-refractivity contribution in [2.45, 2.75) is 27.3 Å². The van der Waals surface area contributed by atoms with Gasteiger partial charge in [0.2, 0.25) is 0 Å². The Hall–Kier alpha value is -3.58. The topological polar surface area (TPSA) is 82.4 Å². The molecule has 0 aliphatic heterocycles. The number of hydrogen-bond acceptors (Lipinski definition) is 5. The number of esters is 1. The number of ether oxygens (including phenoxy) is 2. The third-order valence-corrected chi connectivity index (χ3v) is 5.35. The van der Waals surface area contributed by atoms with E-state index in [0.717, 1.165) is 22.5 Å². The van der Waals surface area contributed by atoms with Gasteiger partial charge in [-0.05, 0) is 50.6 Å². The number of amides is 1. The molecule has 172 valence electrons. The van der Waals surface area contributed by atoms with Crippen LogP contribution in [-0.4, -0.2) is 35.4 Å². The van der Waals surface area contributed by atoms with Crippen LogP contribution in [-0.2, 0) is 20.9 Å². The highest BCUT2D eigenvalue weighted by atomic mass is 35.5. The zero-order valence-corrected chi connectivity index (χ0v) is 19.8. The SMILES string of the molecule is COc1ccc(NC(=O)COC(=O)/C=C/c2c(C)nn(Cc3ccc(C)cc3)c2C)cc1Cl. The van der Waals surface area contributed by atoms with Gasteiger partial charge in [0.15, 0.2) is 6.61 Å². The van der Waals surface area contributed by atoms with Crippen molar-refractivity contribution in [1.29, 1.82) is 0 Å². The van der Waals surface area contributed by atoms with Gasteiger partial charge in [0, 0.05) is 23.0 Å². The van der Waals surface area contributed by atoms with Gasteiger partial charge < -0.3 is 14.8 Å². The number of halogens is 1.